The first kappa shape index (κ1) is 13.7. The van der Waals surface area contributed by atoms with Gasteiger partial charge in [-0.1, -0.05) is 6.92 Å². The van der Waals surface area contributed by atoms with Gasteiger partial charge in [0.2, 0.25) is 6.41 Å². The first-order valence-corrected chi connectivity index (χ1v) is 5.93. The molecule has 0 spiro atoms. The molecule has 0 aliphatic carbocycles. The molecule has 0 bridgehead atoms. The second kappa shape index (κ2) is 7.06. The number of hydrogen-bond acceptors (Lipinski definition) is 4. The second-order valence-corrected chi connectivity index (χ2v) is 3.82. The van der Waals surface area contributed by atoms with Crippen molar-refractivity contribution in [2.45, 2.75) is 39.2 Å². The van der Waals surface area contributed by atoms with Gasteiger partial charge in [0.05, 0.1) is 19.3 Å². The molecule has 1 saturated heterocycles. The van der Waals surface area contributed by atoms with E-state index in [1.165, 1.54) is 0 Å². The Morgan fingerprint density at radius 1 is 1.59 bits per heavy atom. The van der Waals surface area contributed by atoms with E-state index >= 15 is 0 Å². The van der Waals surface area contributed by atoms with E-state index in [9.17, 15) is 9.59 Å². The molecular weight excluding hydrogens is 222 g/mol. The number of carbonyl (C=O) groups excluding carboxylic acids is 2. The smallest absolute Gasteiger partial charge is 0.354 e. The SMILES string of the molecule is CCOC(=O)/C(NC=O)=C1/CCOC(CC)C1. The molecule has 1 unspecified atom stereocenters. The molecule has 1 rings (SSSR count). The summed E-state index contributed by atoms with van der Waals surface area (Å²) in [5.74, 6) is -0.466. The van der Waals surface area contributed by atoms with Crippen LogP contribution in [0, 0.1) is 0 Å². The molecule has 1 N–H and O–H groups in total. The summed E-state index contributed by atoms with van der Waals surface area (Å²) < 4.78 is 10.4. The zero-order valence-corrected chi connectivity index (χ0v) is 10.3. The standard InChI is InChI=1S/C12H19NO4/c1-3-10-7-9(5-6-17-10)11(13-8-14)12(15)16-4-2/h8,10H,3-7H2,1-2H3,(H,13,14)/b11-9+. The second-order valence-electron chi connectivity index (χ2n) is 3.82. The fourth-order valence-corrected chi connectivity index (χ4v) is 1.84. The molecule has 1 heterocycles. The molecule has 0 saturated carbocycles. The van der Waals surface area contributed by atoms with Crippen molar-refractivity contribution in [3.8, 4) is 0 Å². The topological polar surface area (TPSA) is 64.6 Å². The predicted octanol–water partition coefficient (Wildman–Crippen LogP) is 1.14. The summed E-state index contributed by atoms with van der Waals surface area (Å²) in [6.07, 6.45) is 2.85. The molecule has 5 heteroatoms. The molecule has 0 radical (unpaired) electrons. The van der Waals surface area contributed by atoms with Crippen molar-refractivity contribution >= 4 is 12.4 Å². The van der Waals surface area contributed by atoms with E-state index in [4.69, 9.17) is 9.47 Å². The first-order chi connectivity index (χ1) is 8.22. The van der Waals surface area contributed by atoms with Crippen LogP contribution in [0.4, 0.5) is 0 Å². The maximum Gasteiger partial charge on any atom is 0.354 e. The highest BCUT2D eigenvalue weighted by Crippen LogP contribution is 2.23. The predicted molar refractivity (Wildman–Crippen MR) is 62.1 cm³/mol. The fraction of sp³-hybridized carbons (Fsp3) is 0.667. The average Bonchev–Trinajstić information content (AvgIpc) is 2.36. The third-order valence-electron chi connectivity index (χ3n) is 2.72. The zero-order valence-electron chi connectivity index (χ0n) is 10.3. The largest absolute Gasteiger partial charge is 0.461 e. The lowest BCUT2D eigenvalue weighted by Crippen LogP contribution is -2.28. The van der Waals surface area contributed by atoms with Crippen molar-refractivity contribution in [3.63, 3.8) is 0 Å². The molecule has 0 aromatic heterocycles. The van der Waals surface area contributed by atoms with E-state index in [0.29, 0.717) is 32.5 Å². The van der Waals surface area contributed by atoms with E-state index in [2.05, 4.69) is 5.32 Å². The third kappa shape index (κ3) is 3.85. The van der Waals surface area contributed by atoms with Crippen molar-refractivity contribution in [3.05, 3.63) is 11.3 Å². The maximum absolute atomic E-state index is 11.7. The van der Waals surface area contributed by atoms with Gasteiger partial charge in [-0.05, 0) is 31.8 Å². The van der Waals surface area contributed by atoms with E-state index < -0.39 is 5.97 Å². The van der Waals surface area contributed by atoms with Crippen LogP contribution in [0.15, 0.2) is 11.3 Å². The zero-order chi connectivity index (χ0) is 12.7. The van der Waals surface area contributed by atoms with Crippen LogP contribution in [0.3, 0.4) is 0 Å². The van der Waals surface area contributed by atoms with Crippen LogP contribution in [0.1, 0.15) is 33.1 Å². The molecule has 1 amide bonds. The normalized spacial score (nSPS) is 22.8. The highest BCUT2D eigenvalue weighted by Gasteiger charge is 2.23. The van der Waals surface area contributed by atoms with Gasteiger partial charge in [0, 0.05) is 0 Å². The van der Waals surface area contributed by atoms with Crippen LogP contribution in [0.2, 0.25) is 0 Å². The summed E-state index contributed by atoms with van der Waals surface area (Å²) in [6, 6.07) is 0. The summed E-state index contributed by atoms with van der Waals surface area (Å²) in [6.45, 7) is 4.64. The van der Waals surface area contributed by atoms with Crippen molar-refractivity contribution in [1.29, 1.82) is 0 Å². The summed E-state index contributed by atoms with van der Waals surface area (Å²) in [4.78, 5) is 22.2. The molecule has 1 atom stereocenters. The van der Waals surface area contributed by atoms with Crippen LogP contribution in [0.5, 0.6) is 0 Å². The van der Waals surface area contributed by atoms with Gasteiger partial charge < -0.3 is 14.8 Å². The molecular formula is C12H19NO4. The van der Waals surface area contributed by atoms with Gasteiger partial charge in [0.15, 0.2) is 0 Å². The maximum atomic E-state index is 11.7. The highest BCUT2D eigenvalue weighted by atomic mass is 16.5. The van der Waals surface area contributed by atoms with Gasteiger partial charge in [-0.2, -0.15) is 0 Å². The minimum absolute atomic E-state index is 0.122. The van der Waals surface area contributed by atoms with E-state index in [1.807, 2.05) is 6.92 Å². The van der Waals surface area contributed by atoms with Gasteiger partial charge >= 0.3 is 5.97 Å². The van der Waals surface area contributed by atoms with Crippen molar-refractivity contribution < 1.29 is 19.1 Å². The van der Waals surface area contributed by atoms with Crippen LogP contribution in [0.25, 0.3) is 0 Å². The Kier molecular flexibility index (Phi) is 5.69. The van der Waals surface area contributed by atoms with E-state index in [0.717, 1.165) is 12.0 Å². The van der Waals surface area contributed by atoms with Crippen LogP contribution in [-0.2, 0) is 19.1 Å². The Morgan fingerprint density at radius 2 is 2.35 bits per heavy atom. The molecule has 5 nitrogen and oxygen atoms in total. The Hall–Kier alpha value is -1.36. The van der Waals surface area contributed by atoms with Crippen LogP contribution in [-0.4, -0.2) is 31.7 Å². The van der Waals surface area contributed by atoms with Gasteiger partial charge in [0.1, 0.15) is 5.70 Å². The number of hydrogen-bond donors (Lipinski definition) is 1. The summed E-state index contributed by atoms with van der Waals surface area (Å²) in [5.41, 5.74) is 1.19. The molecule has 17 heavy (non-hydrogen) atoms. The Balaban J connectivity index is 2.84. The van der Waals surface area contributed by atoms with Crippen molar-refractivity contribution in [2.75, 3.05) is 13.2 Å². The third-order valence-corrected chi connectivity index (χ3v) is 2.72. The van der Waals surface area contributed by atoms with E-state index in [1.54, 1.807) is 6.92 Å². The molecule has 1 aliphatic rings. The number of ether oxygens (including phenoxy) is 2. The monoisotopic (exact) mass is 241 g/mol. The number of nitrogens with one attached hydrogen (secondary N) is 1. The number of carbonyl (C=O) groups is 2. The fourth-order valence-electron chi connectivity index (χ4n) is 1.84. The Morgan fingerprint density at radius 3 is 2.94 bits per heavy atom. The highest BCUT2D eigenvalue weighted by molar-refractivity contribution is 5.91. The Labute approximate surface area is 101 Å². The lowest BCUT2D eigenvalue weighted by Gasteiger charge is -2.25. The van der Waals surface area contributed by atoms with Gasteiger partial charge in [0.25, 0.3) is 0 Å². The van der Waals surface area contributed by atoms with Crippen molar-refractivity contribution in [1.82, 2.24) is 5.32 Å². The molecule has 0 aromatic rings. The molecule has 1 aliphatic heterocycles. The summed E-state index contributed by atoms with van der Waals surface area (Å²) in [7, 11) is 0. The lowest BCUT2D eigenvalue weighted by atomic mass is 9.98. The number of amides is 1. The van der Waals surface area contributed by atoms with Gasteiger partial charge in [-0.15, -0.1) is 0 Å². The lowest BCUT2D eigenvalue weighted by molar-refractivity contribution is -0.139. The summed E-state index contributed by atoms with van der Waals surface area (Å²) in [5, 5.41) is 2.45. The molecule has 96 valence electrons. The van der Waals surface area contributed by atoms with Gasteiger partial charge in [-0.25, -0.2) is 4.79 Å². The number of esters is 1. The average molecular weight is 241 g/mol. The van der Waals surface area contributed by atoms with E-state index in [-0.39, 0.29) is 11.8 Å². The molecule has 1 fully saturated rings. The van der Waals surface area contributed by atoms with Gasteiger partial charge in [-0.3, -0.25) is 4.79 Å². The molecule has 0 aromatic carbocycles. The first-order valence-electron chi connectivity index (χ1n) is 5.93. The summed E-state index contributed by atoms with van der Waals surface area (Å²) >= 11 is 0. The van der Waals surface area contributed by atoms with Crippen LogP contribution >= 0.6 is 0 Å². The minimum Gasteiger partial charge on any atom is -0.461 e. The minimum atomic E-state index is -0.466. The van der Waals surface area contributed by atoms with Crippen molar-refractivity contribution in [2.24, 2.45) is 0 Å². The Bertz CT molecular complexity index is 312. The quantitative estimate of drug-likeness (QED) is 0.445. The van der Waals surface area contributed by atoms with Crippen LogP contribution < -0.4 is 5.32 Å². The number of rotatable bonds is 5.